The van der Waals surface area contributed by atoms with E-state index in [1.807, 2.05) is 54.6 Å². The molecule has 0 fully saturated rings. The summed E-state index contributed by atoms with van der Waals surface area (Å²) in [6.07, 6.45) is 1.79. The Kier molecular flexibility index (Phi) is 6.62. The topological polar surface area (TPSA) is 77.2 Å². The van der Waals surface area contributed by atoms with E-state index in [-0.39, 0.29) is 19.0 Å². The molecule has 0 aromatic heterocycles. The van der Waals surface area contributed by atoms with Gasteiger partial charge in [-0.2, -0.15) is 0 Å². The standard InChI is InChI=1S/C29H28NO6/c1-3-33-29(31)27-26(20-11-14-24-25(16-20)36-18-35-24)22-13-12-21(17-23(22)28(27)30(2)32)34-15-7-10-19-8-5-4-6-9-19/h4-6,8-9,11-14,16-17,32H,3,7,10,15,18H2,1-2H3/q+1. The number of rotatable bonds is 8. The van der Waals surface area contributed by atoms with Gasteiger partial charge in [-0.3, -0.25) is 5.21 Å². The van der Waals surface area contributed by atoms with Crippen LogP contribution in [0.5, 0.6) is 17.2 Å². The molecule has 7 heteroatoms. The first kappa shape index (κ1) is 23.5. The normalized spacial score (nSPS) is 15.1. The zero-order valence-corrected chi connectivity index (χ0v) is 20.3. The first-order valence-electron chi connectivity index (χ1n) is 12.0. The Balaban J connectivity index is 1.48. The fraction of sp³-hybridized carbons (Fsp3) is 0.241. The largest absolute Gasteiger partial charge is 0.494 e. The SMILES string of the molecule is CCOC(=O)C1=C(c2ccc3c(c2)OCO3)c2ccc(OCCCc3ccccc3)cc2C1=[N+](C)O. The van der Waals surface area contributed by atoms with Crippen molar-refractivity contribution < 1.29 is 33.7 Å². The number of nitrogens with zero attached hydrogens (tertiary/aromatic N) is 1. The summed E-state index contributed by atoms with van der Waals surface area (Å²) in [7, 11) is 1.49. The highest BCUT2D eigenvalue weighted by molar-refractivity contribution is 6.35. The molecule has 3 aromatic carbocycles. The molecule has 3 aromatic rings. The molecule has 0 unspecified atom stereocenters. The van der Waals surface area contributed by atoms with Crippen molar-refractivity contribution in [2.24, 2.45) is 0 Å². The predicted molar refractivity (Wildman–Crippen MR) is 134 cm³/mol. The van der Waals surface area contributed by atoms with Crippen molar-refractivity contribution in [3.63, 3.8) is 0 Å². The second-order valence-electron chi connectivity index (χ2n) is 8.56. The number of aryl methyl sites for hydroxylation is 1. The molecule has 0 spiro atoms. The summed E-state index contributed by atoms with van der Waals surface area (Å²) in [4.78, 5) is 13.2. The van der Waals surface area contributed by atoms with Crippen LogP contribution in [0.3, 0.4) is 0 Å². The fourth-order valence-electron chi connectivity index (χ4n) is 4.62. The van der Waals surface area contributed by atoms with Crippen LogP contribution >= 0.6 is 0 Å². The molecule has 0 radical (unpaired) electrons. The molecule has 0 saturated carbocycles. The maximum atomic E-state index is 13.2. The Morgan fingerprint density at radius 3 is 2.58 bits per heavy atom. The van der Waals surface area contributed by atoms with Crippen LogP contribution in [-0.2, 0) is 16.0 Å². The van der Waals surface area contributed by atoms with Gasteiger partial charge in [0.15, 0.2) is 18.5 Å². The van der Waals surface area contributed by atoms with E-state index in [1.165, 1.54) is 12.6 Å². The van der Waals surface area contributed by atoms with Gasteiger partial charge in [0.2, 0.25) is 6.79 Å². The van der Waals surface area contributed by atoms with Crippen molar-refractivity contribution in [3.05, 3.63) is 94.6 Å². The quantitative estimate of drug-likeness (QED) is 0.165. The summed E-state index contributed by atoms with van der Waals surface area (Å²) in [5.74, 6) is 1.41. The number of hydroxylamine groups is 1. The number of benzene rings is 3. The number of hydrogen-bond acceptors (Lipinski definition) is 6. The highest BCUT2D eigenvalue weighted by atomic mass is 16.7. The maximum Gasteiger partial charge on any atom is 0.345 e. The third kappa shape index (κ3) is 4.52. The van der Waals surface area contributed by atoms with E-state index in [9.17, 15) is 10.0 Å². The van der Waals surface area contributed by atoms with Gasteiger partial charge in [-0.25, -0.2) is 4.79 Å². The zero-order chi connectivity index (χ0) is 25.1. The lowest BCUT2D eigenvalue weighted by Crippen LogP contribution is -2.22. The van der Waals surface area contributed by atoms with Crippen molar-refractivity contribution in [1.29, 1.82) is 0 Å². The van der Waals surface area contributed by atoms with E-state index in [1.54, 1.807) is 6.92 Å². The van der Waals surface area contributed by atoms with Gasteiger partial charge < -0.3 is 18.9 Å². The van der Waals surface area contributed by atoms with Crippen molar-refractivity contribution in [2.45, 2.75) is 19.8 Å². The summed E-state index contributed by atoms with van der Waals surface area (Å²) in [5, 5.41) is 10.6. The molecule has 1 N–H and O–H groups in total. The molecule has 2 aliphatic rings. The molecule has 0 atom stereocenters. The molecule has 5 rings (SSSR count). The minimum Gasteiger partial charge on any atom is -0.494 e. The van der Waals surface area contributed by atoms with Crippen LogP contribution in [0.1, 0.15) is 35.6 Å². The fourth-order valence-corrected chi connectivity index (χ4v) is 4.62. The third-order valence-electron chi connectivity index (χ3n) is 6.19. The number of esters is 1. The summed E-state index contributed by atoms with van der Waals surface area (Å²) in [5.41, 5.74) is 4.83. The minimum absolute atomic E-state index is 0.154. The van der Waals surface area contributed by atoms with Gasteiger partial charge in [0.1, 0.15) is 11.3 Å². The average Bonchev–Trinajstić information content (AvgIpc) is 3.49. The lowest BCUT2D eigenvalue weighted by atomic mass is 9.97. The van der Waals surface area contributed by atoms with Crippen molar-refractivity contribution in [3.8, 4) is 17.2 Å². The second kappa shape index (κ2) is 10.2. The average molecular weight is 487 g/mol. The molecule has 1 heterocycles. The number of fused-ring (bicyclic) bond motifs is 2. The Morgan fingerprint density at radius 1 is 1.00 bits per heavy atom. The number of carbonyl (C=O) groups is 1. The molecular formula is C29H28NO6+. The van der Waals surface area contributed by atoms with Crippen molar-refractivity contribution in [1.82, 2.24) is 0 Å². The van der Waals surface area contributed by atoms with E-state index in [0.29, 0.717) is 40.7 Å². The van der Waals surface area contributed by atoms with Gasteiger partial charge in [0.05, 0.1) is 18.8 Å². The molecule has 36 heavy (non-hydrogen) atoms. The molecule has 0 bridgehead atoms. The maximum absolute atomic E-state index is 13.2. The molecule has 1 aliphatic heterocycles. The summed E-state index contributed by atoms with van der Waals surface area (Å²) in [6, 6.07) is 21.5. The Bertz CT molecular complexity index is 1360. The molecule has 0 saturated heterocycles. The van der Waals surface area contributed by atoms with Crippen LogP contribution in [-0.4, -0.2) is 48.7 Å². The minimum atomic E-state index is -0.511. The lowest BCUT2D eigenvalue weighted by Gasteiger charge is -2.10. The highest BCUT2D eigenvalue weighted by Gasteiger charge is 2.41. The van der Waals surface area contributed by atoms with E-state index < -0.39 is 5.97 Å². The van der Waals surface area contributed by atoms with Crippen LogP contribution in [0.4, 0.5) is 0 Å². The van der Waals surface area contributed by atoms with E-state index in [4.69, 9.17) is 18.9 Å². The Labute approximate surface area is 209 Å². The van der Waals surface area contributed by atoms with Gasteiger partial charge in [0, 0.05) is 5.57 Å². The lowest BCUT2D eigenvalue weighted by molar-refractivity contribution is -0.753. The number of ether oxygens (including phenoxy) is 4. The van der Waals surface area contributed by atoms with E-state index in [0.717, 1.165) is 28.7 Å². The molecule has 0 amide bonds. The Morgan fingerprint density at radius 2 is 1.81 bits per heavy atom. The third-order valence-corrected chi connectivity index (χ3v) is 6.19. The highest BCUT2D eigenvalue weighted by Crippen LogP contribution is 2.43. The Hall–Kier alpha value is -4.26. The van der Waals surface area contributed by atoms with Crippen LogP contribution in [0, 0.1) is 0 Å². The van der Waals surface area contributed by atoms with Crippen LogP contribution in [0.2, 0.25) is 0 Å². The summed E-state index contributed by atoms with van der Waals surface area (Å²) < 4.78 is 23.4. The molecule has 7 nitrogen and oxygen atoms in total. The molecular weight excluding hydrogens is 458 g/mol. The monoisotopic (exact) mass is 486 g/mol. The number of hydrogen-bond donors (Lipinski definition) is 1. The first-order valence-corrected chi connectivity index (χ1v) is 12.0. The van der Waals surface area contributed by atoms with Crippen LogP contribution in [0.25, 0.3) is 5.57 Å². The van der Waals surface area contributed by atoms with Crippen molar-refractivity contribution in [2.75, 3.05) is 27.1 Å². The van der Waals surface area contributed by atoms with Gasteiger partial charge in [-0.05, 0) is 71.5 Å². The van der Waals surface area contributed by atoms with Gasteiger partial charge >= 0.3 is 5.97 Å². The van der Waals surface area contributed by atoms with Gasteiger partial charge in [0.25, 0.3) is 5.71 Å². The van der Waals surface area contributed by atoms with Gasteiger partial charge in [-0.1, -0.05) is 36.4 Å². The summed E-state index contributed by atoms with van der Waals surface area (Å²) in [6.45, 7) is 2.67. The second-order valence-corrected chi connectivity index (χ2v) is 8.56. The van der Waals surface area contributed by atoms with Crippen LogP contribution in [0.15, 0.2) is 72.3 Å². The van der Waals surface area contributed by atoms with Gasteiger partial charge in [-0.15, -0.1) is 0 Å². The smallest absolute Gasteiger partial charge is 0.345 e. The summed E-state index contributed by atoms with van der Waals surface area (Å²) >= 11 is 0. The molecule has 1 aliphatic carbocycles. The number of carbonyl (C=O) groups excluding carboxylic acids is 1. The first-order chi connectivity index (χ1) is 17.6. The van der Waals surface area contributed by atoms with Crippen molar-refractivity contribution >= 4 is 17.3 Å². The van der Waals surface area contributed by atoms with Crippen LogP contribution < -0.4 is 14.2 Å². The molecule has 184 valence electrons. The zero-order valence-electron chi connectivity index (χ0n) is 20.3. The predicted octanol–water partition coefficient (Wildman–Crippen LogP) is 4.63. The van der Waals surface area contributed by atoms with E-state index >= 15 is 0 Å². The van der Waals surface area contributed by atoms with E-state index in [2.05, 4.69) is 12.1 Å².